The molecule has 2 atom stereocenters. The van der Waals surface area contributed by atoms with Crippen molar-refractivity contribution in [3.05, 3.63) is 0 Å². The van der Waals surface area contributed by atoms with E-state index in [9.17, 15) is 9.59 Å². The summed E-state index contributed by atoms with van der Waals surface area (Å²) in [5, 5.41) is 11.7. The molecular formula is C14H26N2O3. The number of carbonyl (C=O) groups is 2. The number of nitrogens with two attached hydrogens (primary N) is 1. The van der Waals surface area contributed by atoms with Crippen LogP contribution in [-0.2, 0) is 9.59 Å². The Bertz CT molecular complexity index is 325. The first-order chi connectivity index (χ1) is 8.85. The summed E-state index contributed by atoms with van der Waals surface area (Å²) in [4.78, 5) is 22.7. The van der Waals surface area contributed by atoms with Gasteiger partial charge in [0.15, 0.2) is 0 Å². The molecule has 0 spiro atoms. The number of aliphatic carboxylic acids is 1. The smallest absolute Gasteiger partial charge is 0.306 e. The fraction of sp³-hybridized carbons (Fsp3) is 0.857. The van der Waals surface area contributed by atoms with E-state index < -0.39 is 11.5 Å². The number of carboxylic acid groups (broad SMARTS) is 1. The van der Waals surface area contributed by atoms with E-state index in [-0.39, 0.29) is 17.9 Å². The molecule has 1 amide bonds. The van der Waals surface area contributed by atoms with E-state index in [2.05, 4.69) is 5.32 Å². The third kappa shape index (κ3) is 4.82. The highest BCUT2D eigenvalue weighted by atomic mass is 16.4. The molecule has 4 N–H and O–H groups in total. The molecule has 0 aromatic heterocycles. The van der Waals surface area contributed by atoms with Crippen LogP contribution in [0.25, 0.3) is 0 Å². The molecule has 0 aliphatic heterocycles. The number of amides is 1. The van der Waals surface area contributed by atoms with Crippen molar-refractivity contribution in [3.8, 4) is 0 Å². The van der Waals surface area contributed by atoms with Crippen molar-refractivity contribution in [2.24, 2.45) is 11.7 Å². The lowest BCUT2D eigenvalue weighted by atomic mass is 9.97. The van der Waals surface area contributed by atoms with Crippen LogP contribution in [0.2, 0.25) is 0 Å². The highest BCUT2D eigenvalue weighted by molar-refractivity contribution is 5.86. The van der Waals surface area contributed by atoms with Gasteiger partial charge in [0.2, 0.25) is 5.91 Å². The van der Waals surface area contributed by atoms with Crippen LogP contribution in [0.4, 0.5) is 0 Å². The Kier molecular flexibility index (Phi) is 5.79. The monoisotopic (exact) mass is 270 g/mol. The molecule has 0 saturated heterocycles. The first kappa shape index (κ1) is 16.0. The lowest BCUT2D eigenvalue weighted by Gasteiger charge is -2.25. The fourth-order valence-corrected chi connectivity index (χ4v) is 2.53. The second-order valence-electron chi connectivity index (χ2n) is 5.91. The molecule has 110 valence electrons. The molecule has 1 saturated carbocycles. The van der Waals surface area contributed by atoms with E-state index in [1.807, 2.05) is 6.92 Å². The van der Waals surface area contributed by atoms with Crippen molar-refractivity contribution in [1.29, 1.82) is 0 Å². The predicted molar refractivity (Wildman–Crippen MR) is 73.6 cm³/mol. The van der Waals surface area contributed by atoms with Gasteiger partial charge in [-0.15, -0.1) is 0 Å². The average molecular weight is 270 g/mol. The van der Waals surface area contributed by atoms with Gasteiger partial charge >= 0.3 is 5.97 Å². The van der Waals surface area contributed by atoms with Crippen LogP contribution in [-0.4, -0.2) is 28.6 Å². The maximum Gasteiger partial charge on any atom is 0.306 e. The van der Waals surface area contributed by atoms with Crippen LogP contribution < -0.4 is 11.1 Å². The summed E-state index contributed by atoms with van der Waals surface area (Å²) in [5.41, 5.74) is 5.40. The minimum Gasteiger partial charge on any atom is -0.481 e. The van der Waals surface area contributed by atoms with Crippen LogP contribution in [0.5, 0.6) is 0 Å². The Morgan fingerprint density at radius 2 is 1.84 bits per heavy atom. The van der Waals surface area contributed by atoms with E-state index >= 15 is 0 Å². The van der Waals surface area contributed by atoms with Gasteiger partial charge in [0.1, 0.15) is 0 Å². The summed E-state index contributed by atoms with van der Waals surface area (Å²) >= 11 is 0. The van der Waals surface area contributed by atoms with Gasteiger partial charge in [0.25, 0.3) is 0 Å². The maximum atomic E-state index is 12.1. The van der Waals surface area contributed by atoms with E-state index in [0.717, 1.165) is 38.5 Å². The van der Waals surface area contributed by atoms with E-state index in [0.29, 0.717) is 6.42 Å². The van der Waals surface area contributed by atoms with Crippen molar-refractivity contribution in [1.82, 2.24) is 5.32 Å². The quantitative estimate of drug-likeness (QED) is 0.656. The van der Waals surface area contributed by atoms with Gasteiger partial charge in [-0.05, 0) is 32.6 Å². The Labute approximate surface area is 114 Å². The molecule has 0 heterocycles. The van der Waals surface area contributed by atoms with Gasteiger partial charge in [-0.3, -0.25) is 9.59 Å². The zero-order valence-electron chi connectivity index (χ0n) is 11.9. The molecule has 5 nitrogen and oxygen atoms in total. The van der Waals surface area contributed by atoms with Crippen LogP contribution in [0.15, 0.2) is 0 Å². The molecular weight excluding hydrogens is 244 g/mol. The van der Waals surface area contributed by atoms with Gasteiger partial charge in [0, 0.05) is 6.04 Å². The Morgan fingerprint density at radius 3 is 2.37 bits per heavy atom. The van der Waals surface area contributed by atoms with Crippen molar-refractivity contribution >= 4 is 11.9 Å². The number of carboxylic acids is 1. The standard InChI is InChI=1S/C14H26N2O3/c1-10(12(17)18)6-5-7-11(2)16-13(19)14(15)8-3-4-9-14/h10-11H,3-9,15H2,1-2H3,(H,16,19)(H,17,18). The van der Waals surface area contributed by atoms with Crippen molar-refractivity contribution < 1.29 is 14.7 Å². The molecule has 0 radical (unpaired) electrons. The van der Waals surface area contributed by atoms with Crippen LogP contribution in [0, 0.1) is 5.92 Å². The first-order valence-corrected chi connectivity index (χ1v) is 7.18. The Balaban J connectivity index is 2.25. The lowest BCUT2D eigenvalue weighted by molar-refractivity contribution is -0.141. The molecule has 1 rings (SSSR count). The number of carbonyl (C=O) groups excluding carboxylic acids is 1. The van der Waals surface area contributed by atoms with Gasteiger partial charge in [-0.2, -0.15) is 0 Å². The fourth-order valence-electron chi connectivity index (χ4n) is 2.53. The molecule has 1 aliphatic carbocycles. The summed E-state index contributed by atoms with van der Waals surface area (Å²) in [6, 6.07) is 0.0505. The zero-order valence-corrected chi connectivity index (χ0v) is 11.9. The third-order valence-electron chi connectivity index (χ3n) is 4.02. The predicted octanol–water partition coefficient (Wildman–Crippen LogP) is 1.65. The van der Waals surface area contributed by atoms with E-state index in [4.69, 9.17) is 10.8 Å². The van der Waals surface area contributed by atoms with Crippen LogP contribution in [0.1, 0.15) is 58.8 Å². The average Bonchev–Trinajstić information content (AvgIpc) is 2.77. The van der Waals surface area contributed by atoms with Gasteiger partial charge in [-0.25, -0.2) is 0 Å². The summed E-state index contributed by atoms with van der Waals surface area (Å²) in [5.74, 6) is -1.13. The molecule has 19 heavy (non-hydrogen) atoms. The Hall–Kier alpha value is -1.10. The maximum absolute atomic E-state index is 12.1. The molecule has 1 aliphatic rings. The van der Waals surface area contributed by atoms with Crippen LogP contribution in [0.3, 0.4) is 0 Å². The summed E-state index contributed by atoms with van der Waals surface area (Å²) < 4.78 is 0. The zero-order chi connectivity index (χ0) is 14.5. The largest absolute Gasteiger partial charge is 0.481 e. The normalized spacial score (nSPS) is 20.8. The SMILES string of the molecule is CC(CCCC(C)C(=O)O)NC(=O)C1(N)CCCC1. The molecule has 0 bridgehead atoms. The molecule has 1 fully saturated rings. The number of hydrogen-bond donors (Lipinski definition) is 3. The Morgan fingerprint density at radius 1 is 1.26 bits per heavy atom. The molecule has 0 aromatic rings. The minimum atomic E-state index is -0.761. The van der Waals surface area contributed by atoms with Crippen molar-refractivity contribution in [2.75, 3.05) is 0 Å². The van der Waals surface area contributed by atoms with Gasteiger partial charge in [0.05, 0.1) is 11.5 Å². The first-order valence-electron chi connectivity index (χ1n) is 7.18. The topological polar surface area (TPSA) is 92.4 Å². The second-order valence-corrected chi connectivity index (χ2v) is 5.91. The molecule has 5 heteroatoms. The van der Waals surface area contributed by atoms with Crippen molar-refractivity contribution in [2.45, 2.75) is 70.4 Å². The number of rotatable bonds is 7. The van der Waals surface area contributed by atoms with Crippen molar-refractivity contribution in [3.63, 3.8) is 0 Å². The summed E-state index contributed by atoms with van der Waals surface area (Å²) in [6.45, 7) is 3.65. The minimum absolute atomic E-state index is 0.0505. The number of nitrogens with one attached hydrogen (secondary N) is 1. The highest BCUT2D eigenvalue weighted by Crippen LogP contribution is 2.27. The molecule has 2 unspecified atom stereocenters. The summed E-state index contributed by atoms with van der Waals surface area (Å²) in [6.07, 6.45) is 5.81. The highest BCUT2D eigenvalue weighted by Gasteiger charge is 2.37. The lowest BCUT2D eigenvalue weighted by Crippen LogP contribution is -2.53. The van der Waals surface area contributed by atoms with Crippen LogP contribution >= 0.6 is 0 Å². The van der Waals surface area contributed by atoms with Gasteiger partial charge in [-0.1, -0.05) is 26.2 Å². The van der Waals surface area contributed by atoms with E-state index in [1.165, 1.54) is 0 Å². The second kappa shape index (κ2) is 6.89. The summed E-state index contributed by atoms with van der Waals surface area (Å²) in [7, 11) is 0. The van der Waals surface area contributed by atoms with Gasteiger partial charge < -0.3 is 16.2 Å². The number of hydrogen-bond acceptors (Lipinski definition) is 3. The molecule has 0 aromatic carbocycles. The van der Waals surface area contributed by atoms with E-state index in [1.54, 1.807) is 6.92 Å². The third-order valence-corrected chi connectivity index (χ3v) is 4.02.